The number of oxazole rings is 1. The van der Waals surface area contributed by atoms with Crippen LogP contribution in [0.1, 0.15) is 23.1 Å². The number of urea groups is 1. The Balaban J connectivity index is 1.44. The number of amides is 2. The molecule has 7 nitrogen and oxygen atoms in total. The zero-order valence-electron chi connectivity index (χ0n) is 15.5. The van der Waals surface area contributed by atoms with E-state index in [1.807, 2.05) is 47.5 Å². The van der Waals surface area contributed by atoms with E-state index in [1.165, 1.54) is 0 Å². The van der Waals surface area contributed by atoms with Crippen LogP contribution >= 0.6 is 22.9 Å². The highest BCUT2D eigenvalue weighted by atomic mass is 35.5. The summed E-state index contributed by atoms with van der Waals surface area (Å²) in [6.45, 7) is 0.245. The van der Waals surface area contributed by atoms with Crippen LogP contribution < -0.4 is 10.6 Å². The minimum atomic E-state index is -0.425. The second kappa shape index (κ2) is 8.50. The van der Waals surface area contributed by atoms with E-state index in [9.17, 15) is 4.79 Å². The number of imidazole rings is 1. The number of carbonyl (C=O) groups excluding carboxylic acids is 1. The molecule has 2 amide bonds. The molecule has 148 valence electrons. The molecule has 0 unspecified atom stereocenters. The van der Waals surface area contributed by atoms with E-state index in [2.05, 4.69) is 20.6 Å². The van der Waals surface area contributed by atoms with Gasteiger partial charge in [0.2, 0.25) is 5.89 Å². The molecule has 4 aromatic rings. The van der Waals surface area contributed by atoms with Crippen molar-refractivity contribution in [2.75, 3.05) is 0 Å². The van der Waals surface area contributed by atoms with Crippen LogP contribution in [0.2, 0.25) is 5.02 Å². The van der Waals surface area contributed by atoms with Gasteiger partial charge in [-0.25, -0.2) is 14.8 Å². The molecule has 4 rings (SSSR count). The quantitative estimate of drug-likeness (QED) is 0.478. The first kappa shape index (κ1) is 19.2. The standard InChI is InChI=1S/C20H18ClN5O2S/c1-26-9-8-22-18(26)17(13-4-6-14(21)7-5-13)25-20(27)23-11-15-12-28-19(24-15)16-3-2-10-29-16/h2-10,12,17H,11H2,1H3,(H2,23,25,27)/t17-/m0/s1. The van der Waals surface area contributed by atoms with Gasteiger partial charge in [-0.15, -0.1) is 11.3 Å². The molecular formula is C20H18ClN5O2S. The van der Waals surface area contributed by atoms with Crippen molar-refractivity contribution in [3.8, 4) is 10.8 Å². The fourth-order valence-corrected chi connectivity index (χ4v) is 3.64. The average molecular weight is 428 g/mol. The maximum Gasteiger partial charge on any atom is 0.315 e. The van der Waals surface area contributed by atoms with E-state index >= 15 is 0 Å². The molecular weight excluding hydrogens is 410 g/mol. The topological polar surface area (TPSA) is 85.0 Å². The Labute approximate surface area is 176 Å². The Morgan fingerprint density at radius 3 is 2.83 bits per heavy atom. The van der Waals surface area contributed by atoms with Gasteiger partial charge in [0.1, 0.15) is 18.1 Å². The fourth-order valence-electron chi connectivity index (χ4n) is 2.86. The van der Waals surface area contributed by atoms with Crippen molar-refractivity contribution in [3.05, 3.63) is 82.5 Å². The van der Waals surface area contributed by atoms with Crippen LogP contribution in [0.4, 0.5) is 4.79 Å². The van der Waals surface area contributed by atoms with E-state index in [-0.39, 0.29) is 12.6 Å². The zero-order chi connectivity index (χ0) is 20.2. The minimum Gasteiger partial charge on any atom is -0.443 e. The highest BCUT2D eigenvalue weighted by Crippen LogP contribution is 2.24. The summed E-state index contributed by atoms with van der Waals surface area (Å²) < 4.78 is 7.34. The van der Waals surface area contributed by atoms with Gasteiger partial charge in [-0.2, -0.15) is 0 Å². The molecule has 1 aromatic carbocycles. The summed E-state index contributed by atoms with van der Waals surface area (Å²) in [6.07, 6.45) is 5.07. The molecule has 0 aliphatic carbocycles. The van der Waals surface area contributed by atoms with Gasteiger partial charge in [0.15, 0.2) is 0 Å². The predicted molar refractivity (Wildman–Crippen MR) is 112 cm³/mol. The first-order valence-corrected chi connectivity index (χ1v) is 10.1. The van der Waals surface area contributed by atoms with E-state index in [0.29, 0.717) is 22.4 Å². The molecule has 0 saturated heterocycles. The van der Waals surface area contributed by atoms with Crippen molar-refractivity contribution in [2.24, 2.45) is 7.05 Å². The molecule has 0 spiro atoms. The van der Waals surface area contributed by atoms with Crippen LogP contribution in [-0.2, 0) is 13.6 Å². The Hall–Kier alpha value is -3.10. The van der Waals surface area contributed by atoms with Crippen LogP contribution in [0.25, 0.3) is 10.8 Å². The van der Waals surface area contributed by atoms with Gasteiger partial charge < -0.3 is 19.6 Å². The number of nitrogens with zero attached hydrogens (tertiary/aromatic N) is 3. The summed E-state index contributed by atoms with van der Waals surface area (Å²) in [5.74, 6) is 1.26. The van der Waals surface area contributed by atoms with Gasteiger partial charge in [0, 0.05) is 24.5 Å². The minimum absolute atomic E-state index is 0.245. The number of halogens is 1. The van der Waals surface area contributed by atoms with Crippen molar-refractivity contribution in [1.29, 1.82) is 0 Å². The van der Waals surface area contributed by atoms with Crippen molar-refractivity contribution in [1.82, 2.24) is 25.2 Å². The van der Waals surface area contributed by atoms with Gasteiger partial charge in [0.05, 0.1) is 17.1 Å². The first-order chi connectivity index (χ1) is 14.1. The van der Waals surface area contributed by atoms with E-state index in [1.54, 1.807) is 35.9 Å². The largest absolute Gasteiger partial charge is 0.443 e. The number of benzene rings is 1. The maximum absolute atomic E-state index is 12.6. The monoisotopic (exact) mass is 427 g/mol. The lowest BCUT2D eigenvalue weighted by molar-refractivity contribution is 0.237. The van der Waals surface area contributed by atoms with E-state index < -0.39 is 6.04 Å². The zero-order valence-corrected chi connectivity index (χ0v) is 17.1. The summed E-state index contributed by atoms with van der Waals surface area (Å²) >= 11 is 7.55. The van der Waals surface area contributed by atoms with Gasteiger partial charge in [-0.05, 0) is 29.1 Å². The third-order valence-corrected chi connectivity index (χ3v) is 5.42. The lowest BCUT2D eigenvalue weighted by atomic mass is 10.1. The molecule has 1 atom stereocenters. The Bertz CT molecular complexity index is 1090. The average Bonchev–Trinajstić information content (AvgIpc) is 3.47. The number of thiophene rings is 1. The van der Waals surface area contributed by atoms with Crippen molar-refractivity contribution in [3.63, 3.8) is 0 Å². The molecule has 0 aliphatic heterocycles. The van der Waals surface area contributed by atoms with Crippen LogP contribution in [0.3, 0.4) is 0 Å². The smallest absolute Gasteiger partial charge is 0.315 e. The van der Waals surface area contributed by atoms with Crippen LogP contribution in [0.5, 0.6) is 0 Å². The van der Waals surface area contributed by atoms with Crippen LogP contribution in [0.15, 0.2) is 64.9 Å². The summed E-state index contributed by atoms with van der Waals surface area (Å²) in [7, 11) is 1.88. The van der Waals surface area contributed by atoms with Gasteiger partial charge in [-0.3, -0.25) is 0 Å². The van der Waals surface area contributed by atoms with Gasteiger partial charge in [-0.1, -0.05) is 29.8 Å². The molecule has 0 radical (unpaired) electrons. The molecule has 29 heavy (non-hydrogen) atoms. The van der Waals surface area contributed by atoms with Crippen molar-refractivity contribution < 1.29 is 9.21 Å². The third kappa shape index (κ3) is 4.49. The number of nitrogens with one attached hydrogen (secondary N) is 2. The van der Waals surface area contributed by atoms with Crippen LogP contribution in [0, 0.1) is 0 Å². The van der Waals surface area contributed by atoms with Gasteiger partial charge >= 0.3 is 6.03 Å². The Morgan fingerprint density at radius 2 is 2.14 bits per heavy atom. The molecule has 3 heterocycles. The lowest BCUT2D eigenvalue weighted by Crippen LogP contribution is -2.39. The molecule has 0 saturated carbocycles. The number of hydrogen-bond donors (Lipinski definition) is 2. The van der Waals surface area contributed by atoms with Crippen molar-refractivity contribution in [2.45, 2.75) is 12.6 Å². The summed E-state index contributed by atoms with van der Waals surface area (Å²) in [5, 5.41) is 8.37. The Morgan fingerprint density at radius 1 is 1.31 bits per heavy atom. The Kier molecular flexibility index (Phi) is 5.64. The summed E-state index contributed by atoms with van der Waals surface area (Å²) in [4.78, 5) is 22.3. The molecule has 0 bridgehead atoms. The highest BCUT2D eigenvalue weighted by Gasteiger charge is 2.21. The normalized spacial score (nSPS) is 11.9. The third-order valence-electron chi connectivity index (χ3n) is 4.31. The lowest BCUT2D eigenvalue weighted by Gasteiger charge is -2.19. The fraction of sp³-hybridized carbons (Fsp3) is 0.150. The second-order valence-electron chi connectivity index (χ2n) is 6.33. The number of rotatable bonds is 6. The number of hydrogen-bond acceptors (Lipinski definition) is 5. The first-order valence-electron chi connectivity index (χ1n) is 8.85. The number of aromatic nitrogens is 3. The number of carbonyl (C=O) groups is 1. The molecule has 3 aromatic heterocycles. The SMILES string of the molecule is Cn1ccnc1[C@@H](NC(=O)NCc1coc(-c2cccs2)n1)c1ccc(Cl)cc1. The molecule has 0 fully saturated rings. The predicted octanol–water partition coefficient (Wildman–Crippen LogP) is 4.38. The molecule has 2 N–H and O–H groups in total. The molecule has 9 heteroatoms. The van der Waals surface area contributed by atoms with Crippen LogP contribution in [-0.4, -0.2) is 20.6 Å². The highest BCUT2D eigenvalue weighted by molar-refractivity contribution is 7.13. The summed E-state index contributed by atoms with van der Waals surface area (Å²) in [5.41, 5.74) is 1.52. The number of aryl methyl sites for hydroxylation is 1. The summed E-state index contributed by atoms with van der Waals surface area (Å²) in [6, 6.07) is 10.4. The van der Waals surface area contributed by atoms with Crippen molar-refractivity contribution >= 4 is 29.0 Å². The maximum atomic E-state index is 12.6. The van der Waals surface area contributed by atoms with Gasteiger partial charge in [0.25, 0.3) is 0 Å². The van der Waals surface area contributed by atoms with E-state index in [0.717, 1.165) is 10.4 Å². The van der Waals surface area contributed by atoms with E-state index in [4.69, 9.17) is 16.0 Å². The second-order valence-corrected chi connectivity index (χ2v) is 7.71. The molecule has 0 aliphatic rings.